The molecule has 0 spiro atoms. The highest BCUT2D eigenvalue weighted by Gasteiger charge is 2.37. The summed E-state index contributed by atoms with van der Waals surface area (Å²) in [6.45, 7) is 10.4. The van der Waals surface area contributed by atoms with Gasteiger partial charge in [0.25, 0.3) is 11.8 Å². The Balaban J connectivity index is 2.55. The SMILES string of the molecule is CCC(C)(C)OCCC(C)(C)N1C(=O)C=CC1=O. The molecule has 1 aliphatic rings. The highest BCUT2D eigenvalue weighted by atomic mass is 16.5. The Bertz CT molecular complexity index is 351. The molecule has 0 saturated carbocycles. The molecule has 0 aromatic rings. The van der Waals surface area contributed by atoms with Crippen LogP contribution >= 0.6 is 0 Å². The molecular weight excluding hydrogens is 230 g/mol. The topological polar surface area (TPSA) is 46.6 Å². The summed E-state index contributed by atoms with van der Waals surface area (Å²) >= 11 is 0. The Hall–Kier alpha value is -1.16. The number of ether oxygens (including phenoxy) is 1. The monoisotopic (exact) mass is 253 g/mol. The van der Waals surface area contributed by atoms with E-state index in [1.165, 1.54) is 17.1 Å². The van der Waals surface area contributed by atoms with Gasteiger partial charge in [-0.05, 0) is 40.5 Å². The van der Waals surface area contributed by atoms with Crippen LogP contribution in [0.2, 0.25) is 0 Å². The summed E-state index contributed by atoms with van der Waals surface area (Å²) in [5.74, 6) is -0.473. The molecule has 0 unspecified atom stereocenters. The van der Waals surface area contributed by atoms with Crippen molar-refractivity contribution in [3.8, 4) is 0 Å². The molecule has 0 N–H and O–H groups in total. The summed E-state index contributed by atoms with van der Waals surface area (Å²) in [7, 11) is 0. The molecule has 1 aliphatic heterocycles. The van der Waals surface area contributed by atoms with Gasteiger partial charge in [-0.1, -0.05) is 6.92 Å². The Morgan fingerprint density at radius 3 is 2.06 bits per heavy atom. The van der Waals surface area contributed by atoms with Gasteiger partial charge in [-0.2, -0.15) is 0 Å². The van der Waals surface area contributed by atoms with E-state index < -0.39 is 5.54 Å². The highest BCUT2D eigenvalue weighted by Crippen LogP contribution is 2.24. The maximum atomic E-state index is 11.6. The first-order valence-corrected chi connectivity index (χ1v) is 6.40. The first-order chi connectivity index (χ1) is 8.19. The van der Waals surface area contributed by atoms with E-state index in [1.54, 1.807) is 0 Å². The van der Waals surface area contributed by atoms with Crippen molar-refractivity contribution in [1.29, 1.82) is 0 Å². The van der Waals surface area contributed by atoms with Crippen LogP contribution in [0.5, 0.6) is 0 Å². The van der Waals surface area contributed by atoms with E-state index in [2.05, 4.69) is 6.92 Å². The van der Waals surface area contributed by atoms with Gasteiger partial charge >= 0.3 is 0 Å². The third-order valence-corrected chi connectivity index (χ3v) is 3.47. The van der Waals surface area contributed by atoms with Gasteiger partial charge in [-0.3, -0.25) is 14.5 Å². The minimum Gasteiger partial charge on any atom is -0.375 e. The Morgan fingerprint density at radius 2 is 1.61 bits per heavy atom. The molecule has 0 atom stereocenters. The number of carbonyl (C=O) groups is 2. The highest BCUT2D eigenvalue weighted by molar-refractivity contribution is 6.13. The molecule has 4 nitrogen and oxygen atoms in total. The number of nitrogens with zero attached hydrogens (tertiary/aromatic N) is 1. The maximum absolute atomic E-state index is 11.6. The number of rotatable bonds is 6. The average molecular weight is 253 g/mol. The fraction of sp³-hybridized carbons (Fsp3) is 0.714. The van der Waals surface area contributed by atoms with Crippen LogP contribution in [-0.2, 0) is 14.3 Å². The smallest absolute Gasteiger partial charge is 0.254 e. The third-order valence-electron chi connectivity index (χ3n) is 3.47. The lowest BCUT2D eigenvalue weighted by Crippen LogP contribution is -2.48. The lowest BCUT2D eigenvalue weighted by molar-refractivity contribution is -0.143. The fourth-order valence-corrected chi connectivity index (χ4v) is 1.79. The second-order valence-electron chi connectivity index (χ2n) is 5.87. The van der Waals surface area contributed by atoms with Crippen LogP contribution in [0, 0.1) is 0 Å². The van der Waals surface area contributed by atoms with Crippen molar-refractivity contribution in [2.24, 2.45) is 0 Å². The van der Waals surface area contributed by atoms with Crippen LogP contribution in [0.15, 0.2) is 12.2 Å². The molecular formula is C14H23NO3. The van der Waals surface area contributed by atoms with Gasteiger partial charge in [0.15, 0.2) is 0 Å². The number of imide groups is 1. The van der Waals surface area contributed by atoms with Gasteiger partial charge in [0, 0.05) is 24.3 Å². The molecule has 0 fully saturated rings. The van der Waals surface area contributed by atoms with E-state index in [-0.39, 0.29) is 17.4 Å². The van der Waals surface area contributed by atoms with Crippen molar-refractivity contribution >= 4 is 11.8 Å². The number of hydrogen-bond donors (Lipinski definition) is 0. The quantitative estimate of drug-likeness (QED) is 0.682. The van der Waals surface area contributed by atoms with Gasteiger partial charge in [-0.25, -0.2) is 0 Å². The van der Waals surface area contributed by atoms with Gasteiger partial charge < -0.3 is 4.74 Å². The molecule has 1 heterocycles. The lowest BCUT2D eigenvalue weighted by atomic mass is 9.98. The lowest BCUT2D eigenvalue weighted by Gasteiger charge is -2.35. The number of hydrogen-bond acceptors (Lipinski definition) is 3. The molecule has 0 aromatic carbocycles. The summed E-state index contributed by atoms with van der Waals surface area (Å²) in [4.78, 5) is 24.6. The number of amides is 2. The Kier molecular flexibility index (Phi) is 4.32. The third kappa shape index (κ3) is 3.42. The van der Waals surface area contributed by atoms with E-state index in [9.17, 15) is 9.59 Å². The van der Waals surface area contributed by atoms with Crippen molar-refractivity contribution in [1.82, 2.24) is 4.90 Å². The molecule has 2 amide bonds. The zero-order valence-corrected chi connectivity index (χ0v) is 11.9. The average Bonchev–Trinajstić information content (AvgIpc) is 2.58. The zero-order valence-electron chi connectivity index (χ0n) is 11.9. The molecule has 0 radical (unpaired) electrons. The van der Waals surface area contributed by atoms with Crippen LogP contribution in [0.25, 0.3) is 0 Å². The van der Waals surface area contributed by atoms with E-state index in [0.29, 0.717) is 13.0 Å². The summed E-state index contributed by atoms with van der Waals surface area (Å²) < 4.78 is 5.77. The largest absolute Gasteiger partial charge is 0.375 e. The molecule has 102 valence electrons. The maximum Gasteiger partial charge on any atom is 0.254 e. The molecule has 4 heteroatoms. The molecule has 1 rings (SSSR count). The van der Waals surface area contributed by atoms with Crippen molar-refractivity contribution in [3.05, 3.63) is 12.2 Å². The van der Waals surface area contributed by atoms with Crippen molar-refractivity contribution in [2.75, 3.05) is 6.61 Å². The van der Waals surface area contributed by atoms with Crippen molar-refractivity contribution in [3.63, 3.8) is 0 Å². The molecule has 0 aliphatic carbocycles. The standard InChI is InChI=1S/C14H23NO3/c1-6-14(4,5)18-10-9-13(2,3)15-11(16)7-8-12(15)17/h7-8H,6,9-10H2,1-5H3. The van der Waals surface area contributed by atoms with Crippen LogP contribution in [0.1, 0.15) is 47.5 Å². The van der Waals surface area contributed by atoms with Crippen molar-refractivity contribution in [2.45, 2.75) is 58.6 Å². The van der Waals surface area contributed by atoms with Crippen molar-refractivity contribution < 1.29 is 14.3 Å². The first-order valence-electron chi connectivity index (χ1n) is 6.40. The first kappa shape index (κ1) is 14.9. The summed E-state index contributed by atoms with van der Waals surface area (Å²) in [5, 5.41) is 0. The summed E-state index contributed by atoms with van der Waals surface area (Å²) in [6, 6.07) is 0. The second kappa shape index (κ2) is 5.22. The van der Waals surface area contributed by atoms with Crippen LogP contribution < -0.4 is 0 Å². The molecule has 18 heavy (non-hydrogen) atoms. The number of carbonyl (C=O) groups excluding carboxylic acids is 2. The predicted octanol–water partition coefficient (Wildman–Crippen LogP) is 2.29. The van der Waals surface area contributed by atoms with Crippen LogP contribution in [-0.4, -0.2) is 34.5 Å². The van der Waals surface area contributed by atoms with Crippen LogP contribution in [0.3, 0.4) is 0 Å². The fourth-order valence-electron chi connectivity index (χ4n) is 1.79. The minimum atomic E-state index is -0.512. The normalized spacial score (nSPS) is 16.8. The van der Waals surface area contributed by atoms with E-state index in [4.69, 9.17) is 4.74 Å². The van der Waals surface area contributed by atoms with Gasteiger partial charge in [0.1, 0.15) is 0 Å². The molecule has 0 saturated heterocycles. The minimum absolute atomic E-state index is 0.159. The summed E-state index contributed by atoms with van der Waals surface area (Å²) in [5.41, 5.74) is -0.672. The van der Waals surface area contributed by atoms with Gasteiger partial charge in [-0.15, -0.1) is 0 Å². The van der Waals surface area contributed by atoms with E-state index in [1.807, 2.05) is 27.7 Å². The Morgan fingerprint density at radius 1 is 1.11 bits per heavy atom. The molecule has 0 aromatic heterocycles. The van der Waals surface area contributed by atoms with Crippen LogP contribution in [0.4, 0.5) is 0 Å². The van der Waals surface area contributed by atoms with Gasteiger partial charge in [0.2, 0.25) is 0 Å². The zero-order chi connectivity index (χ0) is 14.0. The van der Waals surface area contributed by atoms with E-state index >= 15 is 0 Å². The molecule has 0 bridgehead atoms. The predicted molar refractivity (Wildman–Crippen MR) is 70.0 cm³/mol. The summed E-state index contributed by atoms with van der Waals surface area (Å²) in [6.07, 6.45) is 4.20. The Labute approximate surface area is 109 Å². The second-order valence-corrected chi connectivity index (χ2v) is 5.87. The van der Waals surface area contributed by atoms with E-state index in [0.717, 1.165) is 6.42 Å². The van der Waals surface area contributed by atoms with Gasteiger partial charge in [0.05, 0.1) is 5.60 Å².